The lowest BCUT2D eigenvalue weighted by molar-refractivity contribution is 0.0518. The van der Waals surface area contributed by atoms with E-state index in [2.05, 4.69) is 5.32 Å². The monoisotopic (exact) mass is 381 g/mol. The van der Waals surface area contributed by atoms with Gasteiger partial charge in [0, 0.05) is 12.5 Å². The molecule has 1 unspecified atom stereocenters. The second-order valence-corrected chi connectivity index (χ2v) is 8.85. The lowest BCUT2D eigenvalue weighted by atomic mass is 10.1. The van der Waals surface area contributed by atoms with E-state index in [0.29, 0.717) is 18.9 Å². The minimum absolute atomic E-state index is 0.348. The Bertz CT molecular complexity index is 567. The zero-order valence-electron chi connectivity index (χ0n) is 16.0. The average molecular weight is 382 g/mol. The van der Waals surface area contributed by atoms with Gasteiger partial charge in [0.25, 0.3) is 0 Å². The molecule has 1 aliphatic heterocycles. The van der Waals surface area contributed by atoms with E-state index >= 15 is 0 Å². The van der Waals surface area contributed by atoms with Crippen molar-refractivity contribution < 1.29 is 19.4 Å². The zero-order chi connectivity index (χ0) is 19.0. The molecule has 0 radical (unpaired) electrons. The van der Waals surface area contributed by atoms with Crippen LogP contribution in [0.5, 0.6) is 5.75 Å². The number of aliphatic hydroxyl groups is 1. The van der Waals surface area contributed by atoms with Crippen molar-refractivity contribution in [3.63, 3.8) is 0 Å². The first-order valence-electron chi connectivity index (χ1n) is 9.29. The van der Waals surface area contributed by atoms with E-state index in [1.54, 1.807) is 0 Å². The van der Waals surface area contributed by atoms with Crippen LogP contribution in [0.1, 0.15) is 51.7 Å². The molecule has 1 aliphatic rings. The van der Waals surface area contributed by atoms with Crippen LogP contribution in [0.15, 0.2) is 24.3 Å². The number of hydrogen-bond acceptors (Lipinski definition) is 5. The van der Waals surface area contributed by atoms with Gasteiger partial charge in [-0.05, 0) is 69.2 Å². The molecule has 1 heterocycles. The minimum atomic E-state index is -0.654. The molecular formula is C20H31NO4S. The summed E-state index contributed by atoms with van der Waals surface area (Å²) in [5.41, 5.74) is 0.275. The fraction of sp³-hybridized carbons (Fsp3) is 0.650. The van der Waals surface area contributed by atoms with Crippen molar-refractivity contribution in [3.05, 3.63) is 29.8 Å². The second-order valence-electron chi connectivity index (χ2n) is 7.70. The summed E-state index contributed by atoms with van der Waals surface area (Å²) in [6, 6.07) is 7.57. The van der Waals surface area contributed by atoms with Crippen LogP contribution in [0.4, 0.5) is 4.79 Å². The van der Waals surface area contributed by atoms with E-state index in [0.717, 1.165) is 17.9 Å². The van der Waals surface area contributed by atoms with Crippen molar-refractivity contribution in [2.75, 3.05) is 24.7 Å². The molecule has 0 saturated carbocycles. The largest absolute Gasteiger partial charge is 0.493 e. The number of alkyl carbamates (subject to hydrolysis) is 1. The Kier molecular flexibility index (Phi) is 8.10. The number of carbonyl (C=O) groups is 1. The lowest BCUT2D eigenvalue weighted by Crippen LogP contribution is -2.33. The van der Waals surface area contributed by atoms with Gasteiger partial charge >= 0.3 is 6.09 Å². The fourth-order valence-electron chi connectivity index (χ4n) is 2.76. The molecule has 0 spiro atoms. The van der Waals surface area contributed by atoms with Crippen LogP contribution < -0.4 is 10.1 Å². The molecular weight excluding hydrogens is 350 g/mol. The third kappa shape index (κ3) is 7.87. The first-order chi connectivity index (χ1) is 12.3. The Labute approximate surface area is 160 Å². The van der Waals surface area contributed by atoms with E-state index in [9.17, 15) is 9.90 Å². The Morgan fingerprint density at radius 2 is 2.23 bits per heavy atom. The molecule has 2 rings (SSSR count). The van der Waals surface area contributed by atoms with Crippen LogP contribution >= 0.6 is 11.8 Å². The average Bonchev–Trinajstić information content (AvgIpc) is 2.59. The maximum Gasteiger partial charge on any atom is 0.407 e. The summed E-state index contributed by atoms with van der Waals surface area (Å²) in [4.78, 5) is 11.6. The normalized spacial score (nSPS) is 18.8. The summed E-state index contributed by atoms with van der Waals surface area (Å²) in [6.07, 6.45) is 1.79. The summed E-state index contributed by atoms with van der Waals surface area (Å²) in [7, 11) is 0. The maximum absolute atomic E-state index is 11.6. The van der Waals surface area contributed by atoms with Gasteiger partial charge in [-0.1, -0.05) is 12.1 Å². The smallest absolute Gasteiger partial charge is 0.407 e. The van der Waals surface area contributed by atoms with E-state index in [1.807, 2.05) is 56.8 Å². The number of benzene rings is 1. The van der Waals surface area contributed by atoms with Gasteiger partial charge in [-0.15, -0.1) is 0 Å². The first-order valence-corrected chi connectivity index (χ1v) is 10.4. The molecule has 1 aromatic rings. The Balaban J connectivity index is 1.76. The molecule has 0 aromatic heterocycles. The summed E-state index contributed by atoms with van der Waals surface area (Å²) in [5.74, 6) is 3.83. The van der Waals surface area contributed by atoms with Crippen molar-refractivity contribution in [1.29, 1.82) is 0 Å². The highest BCUT2D eigenvalue weighted by Gasteiger charge is 2.17. The number of thioether (sulfide) groups is 1. The van der Waals surface area contributed by atoms with Crippen LogP contribution in [-0.2, 0) is 4.74 Å². The van der Waals surface area contributed by atoms with Gasteiger partial charge in [-0.3, -0.25) is 0 Å². The molecule has 1 amide bonds. The van der Waals surface area contributed by atoms with Gasteiger partial charge in [0.2, 0.25) is 0 Å². The molecule has 2 N–H and O–H groups in total. The topological polar surface area (TPSA) is 67.8 Å². The third-order valence-corrected chi connectivity index (χ3v) is 5.35. The molecule has 1 fully saturated rings. The highest BCUT2D eigenvalue weighted by atomic mass is 32.2. The van der Waals surface area contributed by atoms with Gasteiger partial charge in [-0.25, -0.2) is 4.79 Å². The van der Waals surface area contributed by atoms with Gasteiger partial charge in [0.15, 0.2) is 0 Å². The summed E-state index contributed by atoms with van der Waals surface area (Å²) >= 11 is 2.00. The zero-order valence-corrected chi connectivity index (χ0v) is 16.8. The maximum atomic E-state index is 11.6. The highest BCUT2D eigenvalue weighted by molar-refractivity contribution is 7.99. The predicted octanol–water partition coefficient (Wildman–Crippen LogP) is 4.16. The Morgan fingerprint density at radius 1 is 1.42 bits per heavy atom. The lowest BCUT2D eigenvalue weighted by Gasteiger charge is -2.22. The van der Waals surface area contributed by atoms with Crippen LogP contribution in [0, 0.1) is 5.92 Å². The van der Waals surface area contributed by atoms with Gasteiger partial charge in [0.05, 0.1) is 12.7 Å². The minimum Gasteiger partial charge on any atom is -0.493 e. The second kappa shape index (κ2) is 10.1. The molecule has 0 bridgehead atoms. The van der Waals surface area contributed by atoms with Crippen molar-refractivity contribution in [2.24, 2.45) is 5.92 Å². The SMILES string of the molecule is CC(C)(C)OC(=O)NCC[C@@H](O)c1cccc(OCC2CCCSC2)c1. The van der Waals surface area contributed by atoms with Crippen molar-refractivity contribution in [2.45, 2.75) is 51.7 Å². The van der Waals surface area contributed by atoms with Crippen molar-refractivity contribution >= 4 is 17.9 Å². The number of rotatable bonds is 7. The Hall–Kier alpha value is -1.40. The van der Waals surface area contributed by atoms with Crippen molar-refractivity contribution in [1.82, 2.24) is 5.32 Å². The Morgan fingerprint density at radius 3 is 2.92 bits per heavy atom. The summed E-state index contributed by atoms with van der Waals surface area (Å²) in [5, 5.41) is 13.0. The number of aliphatic hydroxyl groups excluding tert-OH is 1. The molecule has 26 heavy (non-hydrogen) atoms. The number of hydrogen-bond donors (Lipinski definition) is 2. The molecule has 146 valence electrons. The molecule has 2 atom stereocenters. The number of carbonyl (C=O) groups excluding carboxylic acids is 1. The van der Waals surface area contributed by atoms with Gasteiger partial charge < -0.3 is 19.9 Å². The third-order valence-electron chi connectivity index (χ3n) is 4.07. The first kappa shape index (κ1) is 20.9. The van der Waals surface area contributed by atoms with Crippen molar-refractivity contribution in [3.8, 4) is 5.75 Å². The number of nitrogens with one attached hydrogen (secondary N) is 1. The summed E-state index contributed by atoms with van der Waals surface area (Å²) < 4.78 is 11.1. The predicted molar refractivity (Wildman–Crippen MR) is 106 cm³/mol. The summed E-state index contributed by atoms with van der Waals surface area (Å²) in [6.45, 7) is 6.53. The van der Waals surface area contributed by atoms with E-state index in [1.165, 1.54) is 24.3 Å². The van der Waals surface area contributed by atoms with Crippen LogP contribution in [0.3, 0.4) is 0 Å². The van der Waals surface area contributed by atoms with E-state index in [4.69, 9.17) is 9.47 Å². The molecule has 1 aromatic carbocycles. The van der Waals surface area contributed by atoms with Crippen LogP contribution in [-0.4, -0.2) is 41.5 Å². The highest BCUT2D eigenvalue weighted by Crippen LogP contribution is 2.25. The van der Waals surface area contributed by atoms with Crippen LogP contribution in [0.25, 0.3) is 0 Å². The fourth-order valence-corrected chi connectivity index (χ4v) is 3.89. The van der Waals surface area contributed by atoms with Crippen LogP contribution in [0.2, 0.25) is 0 Å². The van der Waals surface area contributed by atoms with E-state index < -0.39 is 17.8 Å². The molecule has 6 heteroatoms. The number of amides is 1. The molecule has 5 nitrogen and oxygen atoms in total. The molecule has 0 aliphatic carbocycles. The molecule has 1 saturated heterocycles. The quantitative estimate of drug-likeness (QED) is 0.742. The van der Waals surface area contributed by atoms with Gasteiger partial charge in [0.1, 0.15) is 11.4 Å². The van der Waals surface area contributed by atoms with E-state index in [-0.39, 0.29) is 0 Å². The standard InChI is InChI=1S/C20H31NO4S/c1-20(2,3)25-19(23)21-10-9-18(22)16-7-4-8-17(12-16)24-13-15-6-5-11-26-14-15/h4,7-8,12,15,18,22H,5-6,9-11,13-14H2,1-3H3,(H,21,23)/t15?,18-/m1/s1. The van der Waals surface area contributed by atoms with Gasteiger partial charge in [-0.2, -0.15) is 11.8 Å². The number of ether oxygens (including phenoxy) is 2.